The topological polar surface area (TPSA) is 38.3 Å². The lowest BCUT2D eigenvalue weighted by Crippen LogP contribution is -2.28. The van der Waals surface area contributed by atoms with Crippen molar-refractivity contribution in [2.45, 2.75) is 19.4 Å². The summed E-state index contributed by atoms with van der Waals surface area (Å²) >= 11 is 5.93. The molecule has 0 bridgehead atoms. The Morgan fingerprint density at radius 2 is 2.05 bits per heavy atom. The second-order valence-electron chi connectivity index (χ2n) is 4.94. The van der Waals surface area contributed by atoms with Crippen molar-refractivity contribution < 1.29 is 13.9 Å². The molecular formula is C17H17ClFNO2. The first kappa shape index (κ1) is 16.3. The Kier molecular flexibility index (Phi) is 5.39. The molecule has 1 N–H and O–H groups in total. The predicted molar refractivity (Wildman–Crippen MR) is 84.7 cm³/mol. The molecule has 2 aromatic rings. The van der Waals surface area contributed by atoms with Crippen LogP contribution in [-0.2, 0) is 11.2 Å². The molecule has 0 aromatic heterocycles. The van der Waals surface area contributed by atoms with Crippen molar-refractivity contribution in [3.05, 3.63) is 64.4 Å². The van der Waals surface area contributed by atoms with Crippen LogP contribution in [0.4, 0.5) is 4.39 Å². The van der Waals surface area contributed by atoms with Crippen molar-refractivity contribution in [2.24, 2.45) is 0 Å². The van der Waals surface area contributed by atoms with E-state index in [0.717, 1.165) is 11.3 Å². The third-order valence-corrected chi connectivity index (χ3v) is 3.72. The zero-order valence-electron chi connectivity index (χ0n) is 12.4. The quantitative estimate of drug-likeness (QED) is 0.906. The van der Waals surface area contributed by atoms with Crippen LogP contribution in [0.3, 0.4) is 0 Å². The van der Waals surface area contributed by atoms with E-state index in [0.29, 0.717) is 0 Å². The van der Waals surface area contributed by atoms with Crippen LogP contribution in [-0.4, -0.2) is 13.0 Å². The highest BCUT2D eigenvalue weighted by atomic mass is 35.5. The average molecular weight is 322 g/mol. The molecular weight excluding hydrogens is 305 g/mol. The van der Waals surface area contributed by atoms with Crippen molar-refractivity contribution in [3.63, 3.8) is 0 Å². The maximum absolute atomic E-state index is 13.7. The summed E-state index contributed by atoms with van der Waals surface area (Å²) < 4.78 is 18.8. The molecule has 0 heterocycles. The van der Waals surface area contributed by atoms with Crippen molar-refractivity contribution in [2.75, 3.05) is 7.11 Å². The third-order valence-electron chi connectivity index (χ3n) is 3.37. The van der Waals surface area contributed by atoms with Gasteiger partial charge in [-0.2, -0.15) is 0 Å². The lowest BCUT2D eigenvalue weighted by Gasteiger charge is -2.15. The van der Waals surface area contributed by atoms with Crippen molar-refractivity contribution >= 4 is 17.5 Å². The van der Waals surface area contributed by atoms with E-state index in [1.807, 2.05) is 31.2 Å². The molecule has 1 amide bonds. The van der Waals surface area contributed by atoms with E-state index in [4.69, 9.17) is 16.3 Å². The summed E-state index contributed by atoms with van der Waals surface area (Å²) in [6.07, 6.45) is -0.0974. The predicted octanol–water partition coefficient (Wildman–Crippen LogP) is 3.91. The minimum absolute atomic E-state index is 0.0974. The lowest BCUT2D eigenvalue weighted by atomic mass is 10.1. The molecule has 0 saturated heterocycles. The SMILES string of the molecule is COc1cccc([C@@H](C)NC(=O)Cc2c(F)cccc2Cl)c1. The molecule has 0 aliphatic heterocycles. The second kappa shape index (κ2) is 7.27. The van der Waals surface area contributed by atoms with Crippen molar-refractivity contribution in [3.8, 4) is 5.75 Å². The van der Waals surface area contributed by atoms with Crippen LogP contribution in [0.15, 0.2) is 42.5 Å². The van der Waals surface area contributed by atoms with Crippen molar-refractivity contribution in [1.29, 1.82) is 0 Å². The fraction of sp³-hybridized carbons (Fsp3) is 0.235. The first-order chi connectivity index (χ1) is 10.5. The van der Waals surface area contributed by atoms with Gasteiger partial charge >= 0.3 is 0 Å². The van der Waals surface area contributed by atoms with Gasteiger partial charge in [-0.3, -0.25) is 4.79 Å². The number of nitrogens with one attached hydrogen (secondary N) is 1. The van der Waals surface area contributed by atoms with Crippen LogP contribution in [0.1, 0.15) is 24.1 Å². The number of ether oxygens (including phenoxy) is 1. The highest BCUT2D eigenvalue weighted by molar-refractivity contribution is 6.31. The Morgan fingerprint density at radius 3 is 2.73 bits per heavy atom. The van der Waals surface area contributed by atoms with Gasteiger partial charge in [0.2, 0.25) is 5.91 Å². The first-order valence-electron chi connectivity index (χ1n) is 6.87. The monoisotopic (exact) mass is 321 g/mol. The van der Waals surface area contributed by atoms with Crippen molar-refractivity contribution in [1.82, 2.24) is 5.32 Å². The van der Waals surface area contributed by atoms with Crippen LogP contribution in [0, 0.1) is 5.82 Å². The maximum atomic E-state index is 13.7. The zero-order chi connectivity index (χ0) is 16.1. The van der Waals surface area contributed by atoms with Gasteiger partial charge in [0.15, 0.2) is 0 Å². The van der Waals surface area contributed by atoms with Crippen LogP contribution in [0.25, 0.3) is 0 Å². The molecule has 0 fully saturated rings. The summed E-state index contributed by atoms with van der Waals surface area (Å²) in [7, 11) is 1.59. The molecule has 2 aromatic carbocycles. The number of hydrogen-bond donors (Lipinski definition) is 1. The average Bonchev–Trinajstić information content (AvgIpc) is 2.51. The summed E-state index contributed by atoms with van der Waals surface area (Å²) in [6, 6.07) is 11.6. The van der Waals surface area contributed by atoms with E-state index in [-0.39, 0.29) is 29.0 Å². The van der Waals surface area contributed by atoms with Crippen LogP contribution in [0.2, 0.25) is 5.02 Å². The molecule has 1 atom stereocenters. The maximum Gasteiger partial charge on any atom is 0.225 e. The zero-order valence-corrected chi connectivity index (χ0v) is 13.2. The summed E-state index contributed by atoms with van der Waals surface area (Å²) in [5.74, 6) is -0.0465. The summed E-state index contributed by atoms with van der Waals surface area (Å²) in [6.45, 7) is 1.86. The lowest BCUT2D eigenvalue weighted by molar-refractivity contribution is -0.121. The number of rotatable bonds is 5. The van der Waals surface area contributed by atoms with Gasteiger partial charge < -0.3 is 10.1 Å². The van der Waals surface area contributed by atoms with E-state index in [1.54, 1.807) is 13.2 Å². The molecule has 3 nitrogen and oxygen atoms in total. The summed E-state index contributed by atoms with van der Waals surface area (Å²) in [4.78, 5) is 12.1. The number of benzene rings is 2. The smallest absolute Gasteiger partial charge is 0.225 e. The van der Waals surface area contributed by atoms with Crippen LogP contribution in [0.5, 0.6) is 5.75 Å². The largest absolute Gasteiger partial charge is 0.497 e. The van der Waals surface area contributed by atoms with E-state index >= 15 is 0 Å². The molecule has 2 rings (SSSR count). The van der Waals surface area contributed by atoms with E-state index in [1.165, 1.54) is 12.1 Å². The van der Waals surface area contributed by atoms with Gasteiger partial charge in [0.1, 0.15) is 11.6 Å². The van der Waals surface area contributed by atoms with E-state index in [9.17, 15) is 9.18 Å². The molecule has 0 radical (unpaired) electrons. The minimum Gasteiger partial charge on any atom is -0.497 e. The van der Waals surface area contributed by atoms with Gasteiger partial charge in [-0.15, -0.1) is 0 Å². The Hall–Kier alpha value is -2.07. The van der Waals surface area contributed by atoms with Crippen LogP contribution >= 0.6 is 11.6 Å². The first-order valence-corrected chi connectivity index (χ1v) is 7.25. The number of carbonyl (C=O) groups is 1. The molecule has 22 heavy (non-hydrogen) atoms. The normalized spacial score (nSPS) is 11.8. The standard InChI is InChI=1S/C17H17ClFNO2/c1-11(12-5-3-6-13(9-12)22-2)20-17(21)10-14-15(18)7-4-8-16(14)19/h3-9,11H,10H2,1-2H3,(H,20,21)/t11-/m1/s1. The van der Waals surface area contributed by atoms with Gasteiger partial charge in [-0.25, -0.2) is 4.39 Å². The molecule has 0 saturated carbocycles. The molecule has 0 aliphatic carbocycles. The Labute approximate surface area is 134 Å². The summed E-state index contributed by atoms with van der Waals surface area (Å²) in [5.41, 5.74) is 1.12. The molecule has 5 heteroatoms. The number of halogens is 2. The minimum atomic E-state index is -0.475. The van der Waals surface area contributed by atoms with Crippen LogP contribution < -0.4 is 10.1 Å². The summed E-state index contributed by atoms with van der Waals surface area (Å²) in [5, 5.41) is 3.08. The molecule has 0 spiro atoms. The highest BCUT2D eigenvalue weighted by Crippen LogP contribution is 2.21. The highest BCUT2D eigenvalue weighted by Gasteiger charge is 2.14. The molecule has 116 valence electrons. The van der Waals surface area contributed by atoms with Gasteiger partial charge in [0, 0.05) is 10.6 Å². The van der Waals surface area contributed by atoms with E-state index < -0.39 is 5.82 Å². The molecule has 0 aliphatic rings. The Morgan fingerprint density at radius 1 is 1.32 bits per heavy atom. The van der Waals surface area contributed by atoms with Gasteiger partial charge in [0.05, 0.1) is 19.6 Å². The fourth-order valence-electron chi connectivity index (χ4n) is 2.15. The molecule has 0 unspecified atom stereocenters. The fourth-order valence-corrected chi connectivity index (χ4v) is 2.38. The number of carbonyl (C=O) groups excluding carboxylic acids is 1. The number of methoxy groups -OCH3 is 1. The number of amides is 1. The van der Waals surface area contributed by atoms with Gasteiger partial charge in [-0.1, -0.05) is 29.8 Å². The second-order valence-corrected chi connectivity index (χ2v) is 5.35. The third kappa shape index (κ3) is 3.98. The number of hydrogen-bond acceptors (Lipinski definition) is 2. The van der Waals surface area contributed by atoms with Gasteiger partial charge in [0.25, 0.3) is 0 Å². The van der Waals surface area contributed by atoms with Gasteiger partial charge in [-0.05, 0) is 36.8 Å². The Balaban J connectivity index is 2.05. The van der Waals surface area contributed by atoms with E-state index in [2.05, 4.69) is 5.32 Å². The Bertz CT molecular complexity index is 655.